The summed E-state index contributed by atoms with van der Waals surface area (Å²) in [6.45, 7) is 4.11. The lowest BCUT2D eigenvalue weighted by Gasteiger charge is -2.29. The van der Waals surface area contributed by atoms with Gasteiger partial charge in [-0.25, -0.2) is 9.18 Å². The molecule has 2 fully saturated rings. The molecule has 232 valence electrons. The van der Waals surface area contributed by atoms with Crippen LogP contribution in [0.4, 0.5) is 4.39 Å². The highest BCUT2D eigenvalue weighted by atomic mass is 19.1. The van der Waals surface area contributed by atoms with Crippen molar-refractivity contribution in [2.45, 2.75) is 116 Å². The van der Waals surface area contributed by atoms with E-state index in [1.54, 1.807) is 18.2 Å². The average Bonchev–Trinajstić information content (AvgIpc) is 3.53. The van der Waals surface area contributed by atoms with E-state index in [2.05, 4.69) is 6.92 Å². The summed E-state index contributed by atoms with van der Waals surface area (Å²) in [5, 5.41) is 0. The predicted octanol–water partition coefficient (Wildman–Crippen LogP) is 9.98. The largest absolute Gasteiger partial charge is 0.491 e. The van der Waals surface area contributed by atoms with Gasteiger partial charge in [-0.05, 0) is 49.1 Å². The molecule has 2 aromatic carbocycles. The number of ether oxygens (including phenoxy) is 4. The molecule has 2 aliphatic rings. The number of hydrogen-bond acceptors (Lipinski definition) is 5. The molecular formula is C36H51FO5. The van der Waals surface area contributed by atoms with Crippen LogP contribution in [-0.2, 0) is 9.47 Å². The fourth-order valence-corrected chi connectivity index (χ4v) is 6.09. The number of unbranched alkanes of at least 4 members (excludes halogenated alkanes) is 8. The fourth-order valence-electron chi connectivity index (χ4n) is 6.09. The number of halogens is 1. The quantitative estimate of drug-likeness (QED) is 0.0994. The molecule has 0 spiro atoms. The Hall–Kier alpha value is -2.44. The summed E-state index contributed by atoms with van der Waals surface area (Å²) in [5.74, 6) is 0.775. The Kier molecular flexibility index (Phi) is 14.1. The van der Waals surface area contributed by atoms with Crippen molar-refractivity contribution in [2.75, 3.05) is 19.8 Å². The van der Waals surface area contributed by atoms with Crippen LogP contribution in [0.15, 0.2) is 42.5 Å². The Labute approximate surface area is 252 Å². The van der Waals surface area contributed by atoms with E-state index in [0.717, 1.165) is 30.7 Å². The molecule has 0 N–H and O–H groups in total. The van der Waals surface area contributed by atoms with Gasteiger partial charge in [-0.2, -0.15) is 0 Å². The Balaban J connectivity index is 1.12. The molecule has 6 heteroatoms. The van der Waals surface area contributed by atoms with Crippen LogP contribution in [0.1, 0.15) is 132 Å². The Morgan fingerprint density at radius 2 is 1.45 bits per heavy atom. The second-order valence-corrected chi connectivity index (χ2v) is 12.2. The molecule has 1 saturated heterocycles. The van der Waals surface area contributed by atoms with Gasteiger partial charge in [0.15, 0.2) is 17.9 Å². The normalized spacial score (nSPS) is 19.2. The third-order valence-electron chi connectivity index (χ3n) is 8.70. The number of hydrogen-bond donors (Lipinski definition) is 0. The van der Waals surface area contributed by atoms with Crippen molar-refractivity contribution in [3.8, 4) is 11.5 Å². The molecule has 1 aliphatic carbocycles. The first-order chi connectivity index (χ1) is 20.6. The van der Waals surface area contributed by atoms with Crippen molar-refractivity contribution in [2.24, 2.45) is 11.8 Å². The summed E-state index contributed by atoms with van der Waals surface area (Å²) in [6, 6.07) is 11.3. The Morgan fingerprint density at radius 1 is 0.810 bits per heavy atom. The molecule has 0 atom stereocenters. The molecule has 42 heavy (non-hydrogen) atoms. The third kappa shape index (κ3) is 11.0. The number of carbonyl (C=O) groups is 1. The van der Waals surface area contributed by atoms with Crippen molar-refractivity contribution in [3.05, 3.63) is 59.4 Å². The van der Waals surface area contributed by atoms with Gasteiger partial charge in [0.2, 0.25) is 0 Å². The highest BCUT2D eigenvalue weighted by Gasteiger charge is 2.23. The summed E-state index contributed by atoms with van der Waals surface area (Å²) in [7, 11) is 0. The van der Waals surface area contributed by atoms with Gasteiger partial charge in [0, 0.05) is 11.5 Å². The first-order valence-electron chi connectivity index (χ1n) is 16.6. The van der Waals surface area contributed by atoms with E-state index in [1.165, 1.54) is 95.6 Å². The van der Waals surface area contributed by atoms with E-state index < -0.39 is 18.1 Å². The number of benzene rings is 2. The maximum Gasteiger partial charge on any atom is 0.343 e. The van der Waals surface area contributed by atoms with Gasteiger partial charge in [0.25, 0.3) is 0 Å². The minimum atomic E-state index is -0.613. The van der Waals surface area contributed by atoms with Gasteiger partial charge < -0.3 is 18.9 Å². The van der Waals surface area contributed by atoms with Crippen molar-refractivity contribution >= 4 is 5.97 Å². The number of carbonyl (C=O) groups excluding carboxylic acids is 1. The van der Waals surface area contributed by atoms with E-state index in [-0.39, 0.29) is 11.3 Å². The molecule has 0 radical (unpaired) electrons. The van der Waals surface area contributed by atoms with Crippen molar-refractivity contribution in [1.82, 2.24) is 0 Å². The van der Waals surface area contributed by atoms with Gasteiger partial charge in [0.1, 0.15) is 5.75 Å². The lowest BCUT2D eigenvalue weighted by atomic mass is 9.99. The van der Waals surface area contributed by atoms with Crippen LogP contribution in [0.5, 0.6) is 11.5 Å². The minimum absolute atomic E-state index is 0.145. The van der Waals surface area contributed by atoms with E-state index in [4.69, 9.17) is 18.9 Å². The van der Waals surface area contributed by atoms with Crippen LogP contribution in [0, 0.1) is 17.7 Å². The predicted molar refractivity (Wildman–Crippen MR) is 164 cm³/mol. The smallest absolute Gasteiger partial charge is 0.343 e. The monoisotopic (exact) mass is 582 g/mol. The van der Waals surface area contributed by atoms with E-state index in [9.17, 15) is 9.18 Å². The van der Waals surface area contributed by atoms with Crippen molar-refractivity contribution in [1.29, 1.82) is 0 Å². The number of rotatable bonds is 18. The van der Waals surface area contributed by atoms with Crippen LogP contribution in [0.3, 0.4) is 0 Å². The van der Waals surface area contributed by atoms with Gasteiger partial charge in [0.05, 0.1) is 25.4 Å². The zero-order valence-corrected chi connectivity index (χ0v) is 25.6. The SMILES string of the molecule is CCCCCCCC[C@H]1CO[C@H](c2ccc(OC(=O)c3ccc(OCCCCCCC4CCCC4)c(F)c3)cc2)OC1. The molecule has 0 aromatic heterocycles. The van der Waals surface area contributed by atoms with Crippen LogP contribution in [0.2, 0.25) is 0 Å². The van der Waals surface area contributed by atoms with Crippen LogP contribution in [-0.4, -0.2) is 25.8 Å². The lowest BCUT2D eigenvalue weighted by Crippen LogP contribution is -2.27. The van der Waals surface area contributed by atoms with Crippen molar-refractivity contribution in [3.63, 3.8) is 0 Å². The summed E-state index contributed by atoms with van der Waals surface area (Å²) in [5.41, 5.74) is 1.03. The molecule has 1 heterocycles. The second-order valence-electron chi connectivity index (χ2n) is 12.2. The van der Waals surface area contributed by atoms with Gasteiger partial charge in [-0.3, -0.25) is 0 Å². The first-order valence-corrected chi connectivity index (χ1v) is 16.6. The zero-order chi connectivity index (χ0) is 29.4. The molecule has 0 unspecified atom stereocenters. The lowest BCUT2D eigenvalue weighted by molar-refractivity contribution is -0.206. The molecule has 2 aromatic rings. The highest BCUT2D eigenvalue weighted by molar-refractivity contribution is 5.91. The molecule has 4 rings (SSSR count). The fraction of sp³-hybridized carbons (Fsp3) is 0.639. The van der Waals surface area contributed by atoms with E-state index >= 15 is 0 Å². The molecule has 5 nitrogen and oxygen atoms in total. The summed E-state index contributed by atoms with van der Waals surface area (Å²) < 4.78 is 37.7. The Bertz CT molecular complexity index is 1040. The molecule has 1 saturated carbocycles. The Morgan fingerprint density at radius 3 is 2.14 bits per heavy atom. The first kappa shape index (κ1) is 32.5. The maximum absolute atomic E-state index is 14.6. The topological polar surface area (TPSA) is 54.0 Å². The zero-order valence-electron chi connectivity index (χ0n) is 25.6. The van der Waals surface area contributed by atoms with E-state index in [1.807, 2.05) is 12.1 Å². The van der Waals surface area contributed by atoms with Gasteiger partial charge >= 0.3 is 5.97 Å². The molecule has 0 bridgehead atoms. The molecule has 0 amide bonds. The van der Waals surface area contributed by atoms with Crippen LogP contribution < -0.4 is 9.47 Å². The van der Waals surface area contributed by atoms with Crippen LogP contribution >= 0.6 is 0 Å². The highest BCUT2D eigenvalue weighted by Crippen LogP contribution is 2.30. The summed E-state index contributed by atoms with van der Waals surface area (Å²) in [6.07, 6.45) is 19.9. The molecular weight excluding hydrogens is 531 g/mol. The standard InChI is InChI=1S/C36H51FO5/c1-2-3-4-5-6-10-17-29-26-40-36(41-27-29)30-18-21-32(22-19-30)42-35(38)31-20-23-34(33(37)25-31)39-24-13-8-7-9-14-28-15-11-12-16-28/h18-23,25,28-29,36H,2-17,24,26-27H2,1H3/t29-,36-. The van der Waals surface area contributed by atoms with Gasteiger partial charge in [-0.15, -0.1) is 0 Å². The molecule has 1 aliphatic heterocycles. The van der Waals surface area contributed by atoms with Crippen LogP contribution in [0.25, 0.3) is 0 Å². The summed E-state index contributed by atoms with van der Waals surface area (Å²) in [4.78, 5) is 12.6. The third-order valence-corrected chi connectivity index (χ3v) is 8.70. The maximum atomic E-state index is 14.6. The minimum Gasteiger partial charge on any atom is -0.491 e. The number of esters is 1. The average molecular weight is 583 g/mol. The van der Waals surface area contributed by atoms with E-state index in [0.29, 0.717) is 31.5 Å². The summed E-state index contributed by atoms with van der Waals surface area (Å²) >= 11 is 0. The van der Waals surface area contributed by atoms with Crippen molar-refractivity contribution < 1.29 is 28.1 Å². The van der Waals surface area contributed by atoms with Gasteiger partial charge in [-0.1, -0.05) is 109 Å². The second kappa shape index (κ2) is 18.3.